The Labute approximate surface area is 92.4 Å². The van der Waals surface area contributed by atoms with Gasteiger partial charge in [0.25, 0.3) is 0 Å². The molecule has 1 aromatic carbocycles. The number of hydrogen-bond acceptors (Lipinski definition) is 2. The first-order chi connectivity index (χ1) is 6.46. The van der Waals surface area contributed by atoms with E-state index in [1.54, 1.807) is 24.3 Å². The van der Waals surface area contributed by atoms with E-state index >= 15 is 0 Å². The van der Waals surface area contributed by atoms with Crippen LogP contribution < -0.4 is 0 Å². The lowest BCUT2D eigenvalue weighted by Crippen LogP contribution is -2.18. The molecule has 0 saturated heterocycles. The lowest BCUT2D eigenvalue weighted by Gasteiger charge is -2.10. The van der Waals surface area contributed by atoms with E-state index in [2.05, 4.69) is 15.9 Å². The largest absolute Gasteiger partial charge is 0.223 e. The summed E-state index contributed by atoms with van der Waals surface area (Å²) in [6, 6.07) is 6.84. The normalized spacial score (nSPS) is 19.3. The number of rotatable bonds is 2. The predicted molar refractivity (Wildman–Crippen MR) is 59.0 cm³/mol. The van der Waals surface area contributed by atoms with Crippen molar-refractivity contribution in [3.63, 3.8) is 0 Å². The van der Waals surface area contributed by atoms with Crippen molar-refractivity contribution in [1.82, 2.24) is 0 Å². The quantitative estimate of drug-likeness (QED) is 0.831. The maximum atomic E-state index is 12.0. The molecule has 0 spiro atoms. The second-order valence-electron chi connectivity index (χ2n) is 3.91. The van der Waals surface area contributed by atoms with Crippen LogP contribution in [0.25, 0.3) is 0 Å². The van der Waals surface area contributed by atoms with Crippen molar-refractivity contribution in [1.29, 1.82) is 0 Å². The van der Waals surface area contributed by atoms with E-state index in [0.717, 1.165) is 17.3 Å². The topological polar surface area (TPSA) is 34.1 Å². The zero-order valence-electron chi connectivity index (χ0n) is 7.83. The summed E-state index contributed by atoms with van der Waals surface area (Å²) in [4.78, 5) is 0.431. The van der Waals surface area contributed by atoms with E-state index in [9.17, 15) is 8.42 Å². The van der Waals surface area contributed by atoms with Gasteiger partial charge in [-0.1, -0.05) is 15.9 Å². The molecule has 0 amide bonds. The first-order valence-corrected chi connectivity index (χ1v) is 6.74. The summed E-state index contributed by atoms with van der Waals surface area (Å²) < 4.78 is 24.4. The zero-order chi connectivity index (χ0) is 10.4. The Morgan fingerprint density at radius 3 is 2.14 bits per heavy atom. The molecule has 4 heteroatoms. The van der Waals surface area contributed by atoms with Crippen LogP contribution in [-0.4, -0.2) is 13.2 Å². The van der Waals surface area contributed by atoms with Gasteiger partial charge < -0.3 is 0 Å². The number of sulfone groups is 1. The molecule has 0 bridgehead atoms. The molecule has 0 aromatic heterocycles. The van der Waals surface area contributed by atoms with Crippen molar-refractivity contribution >= 4 is 25.8 Å². The third kappa shape index (κ3) is 1.50. The van der Waals surface area contributed by atoms with Gasteiger partial charge in [0.15, 0.2) is 9.84 Å². The van der Waals surface area contributed by atoms with Crippen LogP contribution in [0.3, 0.4) is 0 Å². The van der Waals surface area contributed by atoms with Gasteiger partial charge in [-0.25, -0.2) is 8.42 Å². The molecule has 2 nitrogen and oxygen atoms in total. The van der Waals surface area contributed by atoms with Crippen LogP contribution in [0.5, 0.6) is 0 Å². The summed E-state index contributed by atoms with van der Waals surface area (Å²) in [5.74, 6) is 0. The fourth-order valence-corrected chi connectivity index (χ4v) is 3.31. The average Bonchev–Trinajstić information content (AvgIpc) is 2.86. The molecule has 1 aromatic rings. The molecule has 0 aliphatic heterocycles. The number of hydrogen-bond donors (Lipinski definition) is 0. The summed E-state index contributed by atoms with van der Waals surface area (Å²) in [6.07, 6.45) is 1.57. The van der Waals surface area contributed by atoms with E-state index in [1.807, 2.05) is 6.92 Å². The highest BCUT2D eigenvalue weighted by Gasteiger charge is 2.50. The second kappa shape index (κ2) is 3.07. The molecular weight excluding hydrogens is 264 g/mol. The van der Waals surface area contributed by atoms with Crippen LogP contribution in [0.1, 0.15) is 19.8 Å². The molecule has 0 unspecified atom stereocenters. The number of benzene rings is 1. The van der Waals surface area contributed by atoms with E-state index < -0.39 is 14.6 Å². The Morgan fingerprint density at radius 2 is 1.71 bits per heavy atom. The SMILES string of the molecule is CC1(S(=O)(=O)c2ccc(Br)cc2)CC1. The van der Waals surface area contributed by atoms with Crippen LogP contribution in [-0.2, 0) is 9.84 Å². The van der Waals surface area contributed by atoms with Crippen LogP contribution in [0.15, 0.2) is 33.6 Å². The van der Waals surface area contributed by atoms with E-state index in [1.165, 1.54) is 0 Å². The van der Waals surface area contributed by atoms with Crippen molar-refractivity contribution in [2.45, 2.75) is 29.4 Å². The standard InChI is InChI=1S/C10H11BrO2S/c1-10(6-7-10)14(12,13)9-4-2-8(11)3-5-9/h2-5H,6-7H2,1H3. The van der Waals surface area contributed by atoms with Gasteiger partial charge in [0.2, 0.25) is 0 Å². The highest BCUT2D eigenvalue weighted by atomic mass is 79.9. The maximum Gasteiger partial charge on any atom is 0.183 e. The molecule has 1 aliphatic carbocycles. The summed E-state index contributed by atoms with van der Waals surface area (Å²) in [5.41, 5.74) is 0. The lowest BCUT2D eigenvalue weighted by atomic mass is 10.4. The van der Waals surface area contributed by atoms with Crippen molar-refractivity contribution in [2.75, 3.05) is 0 Å². The highest BCUT2D eigenvalue weighted by molar-refractivity contribution is 9.10. The second-order valence-corrected chi connectivity index (χ2v) is 7.29. The number of halogens is 1. The molecule has 0 atom stereocenters. The first kappa shape index (κ1) is 10.2. The summed E-state index contributed by atoms with van der Waals surface area (Å²) in [5, 5.41) is 0. The lowest BCUT2D eigenvalue weighted by molar-refractivity contribution is 0.582. The summed E-state index contributed by atoms with van der Waals surface area (Å²) in [6.45, 7) is 1.81. The van der Waals surface area contributed by atoms with Crippen molar-refractivity contribution in [3.05, 3.63) is 28.7 Å². The van der Waals surface area contributed by atoms with Crippen LogP contribution >= 0.6 is 15.9 Å². The van der Waals surface area contributed by atoms with Crippen molar-refractivity contribution in [3.8, 4) is 0 Å². The fraction of sp³-hybridized carbons (Fsp3) is 0.400. The Hall–Kier alpha value is -0.350. The maximum absolute atomic E-state index is 12.0. The highest BCUT2D eigenvalue weighted by Crippen LogP contribution is 2.46. The first-order valence-electron chi connectivity index (χ1n) is 4.46. The molecular formula is C10H11BrO2S. The Bertz CT molecular complexity index is 444. The molecule has 1 aliphatic rings. The minimum Gasteiger partial charge on any atom is -0.223 e. The van der Waals surface area contributed by atoms with Gasteiger partial charge in [-0.15, -0.1) is 0 Å². The minimum absolute atomic E-state index is 0.431. The fourth-order valence-electron chi connectivity index (χ4n) is 1.34. The zero-order valence-corrected chi connectivity index (χ0v) is 10.2. The van der Waals surface area contributed by atoms with Crippen molar-refractivity contribution < 1.29 is 8.42 Å². The van der Waals surface area contributed by atoms with E-state index in [4.69, 9.17) is 0 Å². The minimum atomic E-state index is -3.10. The van der Waals surface area contributed by atoms with Gasteiger partial charge in [0, 0.05) is 4.47 Å². The van der Waals surface area contributed by atoms with Crippen LogP contribution in [0, 0.1) is 0 Å². The Kier molecular flexibility index (Phi) is 2.23. The van der Waals surface area contributed by atoms with Gasteiger partial charge in [-0.05, 0) is 44.0 Å². The third-order valence-corrected chi connectivity index (χ3v) is 5.85. The molecule has 0 heterocycles. The molecule has 1 saturated carbocycles. The molecule has 2 rings (SSSR count). The van der Waals surface area contributed by atoms with E-state index in [0.29, 0.717) is 4.90 Å². The monoisotopic (exact) mass is 274 g/mol. The Balaban J connectivity index is 2.45. The molecule has 0 N–H and O–H groups in total. The van der Waals surface area contributed by atoms with Crippen LogP contribution in [0.2, 0.25) is 0 Å². The van der Waals surface area contributed by atoms with Gasteiger partial charge in [-0.3, -0.25) is 0 Å². The molecule has 0 radical (unpaired) electrons. The average molecular weight is 275 g/mol. The smallest absolute Gasteiger partial charge is 0.183 e. The van der Waals surface area contributed by atoms with Gasteiger partial charge in [-0.2, -0.15) is 0 Å². The van der Waals surface area contributed by atoms with Gasteiger partial charge >= 0.3 is 0 Å². The van der Waals surface area contributed by atoms with Crippen molar-refractivity contribution in [2.24, 2.45) is 0 Å². The van der Waals surface area contributed by atoms with Gasteiger partial charge in [0.1, 0.15) is 0 Å². The molecule has 1 fully saturated rings. The van der Waals surface area contributed by atoms with E-state index in [-0.39, 0.29) is 0 Å². The summed E-state index contributed by atoms with van der Waals surface area (Å²) >= 11 is 3.28. The molecule has 14 heavy (non-hydrogen) atoms. The van der Waals surface area contributed by atoms with Gasteiger partial charge in [0.05, 0.1) is 9.64 Å². The van der Waals surface area contributed by atoms with Crippen LogP contribution in [0.4, 0.5) is 0 Å². The predicted octanol–water partition coefficient (Wildman–Crippen LogP) is 2.78. The third-order valence-electron chi connectivity index (χ3n) is 2.73. The Morgan fingerprint density at radius 1 is 1.21 bits per heavy atom. The molecule has 76 valence electrons. The summed E-state index contributed by atoms with van der Waals surface area (Å²) in [7, 11) is -3.10.